The molecule has 6 nitrogen and oxygen atoms in total. The van der Waals surface area contributed by atoms with Crippen LogP contribution in [-0.4, -0.2) is 40.7 Å². The van der Waals surface area contributed by atoms with E-state index in [1.807, 2.05) is 29.0 Å². The van der Waals surface area contributed by atoms with Crippen molar-refractivity contribution in [2.24, 2.45) is 5.73 Å². The number of anilines is 1. The molecule has 0 spiro atoms. The van der Waals surface area contributed by atoms with Crippen LogP contribution in [-0.2, 0) is 6.54 Å². The Kier molecular flexibility index (Phi) is 4.10. The molecular formula is C17H19ClN6. The molecule has 24 heavy (non-hydrogen) atoms. The highest BCUT2D eigenvalue weighted by Crippen LogP contribution is 2.29. The van der Waals surface area contributed by atoms with E-state index in [-0.39, 0.29) is 0 Å². The summed E-state index contributed by atoms with van der Waals surface area (Å²) in [6.07, 6.45) is 3.67. The number of nitrogens with zero attached hydrogens (tertiary/aromatic N) is 4. The van der Waals surface area contributed by atoms with Crippen molar-refractivity contribution in [1.29, 1.82) is 0 Å². The molecule has 1 aliphatic heterocycles. The molecule has 7 heteroatoms. The van der Waals surface area contributed by atoms with Crippen molar-refractivity contribution in [2.75, 3.05) is 31.1 Å². The van der Waals surface area contributed by atoms with Crippen LogP contribution >= 0.6 is 11.6 Å². The smallest absolute Gasteiger partial charge is 0.148 e. The predicted molar refractivity (Wildman–Crippen MR) is 96.8 cm³/mol. The van der Waals surface area contributed by atoms with Crippen LogP contribution in [0.2, 0.25) is 5.02 Å². The molecule has 1 saturated heterocycles. The average molecular weight is 343 g/mol. The van der Waals surface area contributed by atoms with Gasteiger partial charge in [-0.15, -0.1) is 0 Å². The third-order valence-electron chi connectivity index (χ3n) is 4.33. The summed E-state index contributed by atoms with van der Waals surface area (Å²) in [4.78, 5) is 11.3. The fourth-order valence-electron chi connectivity index (χ4n) is 3.10. The molecule has 3 N–H and O–H groups in total. The van der Waals surface area contributed by atoms with Gasteiger partial charge in [0.15, 0.2) is 0 Å². The molecule has 4 rings (SSSR count). The zero-order valence-electron chi connectivity index (χ0n) is 13.2. The summed E-state index contributed by atoms with van der Waals surface area (Å²) in [6.45, 7) is 4.15. The van der Waals surface area contributed by atoms with Gasteiger partial charge in [0.05, 0.1) is 17.1 Å². The van der Waals surface area contributed by atoms with E-state index in [0.29, 0.717) is 11.6 Å². The third-order valence-corrected chi connectivity index (χ3v) is 4.61. The fraction of sp³-hybridized carbons (Fsp3) is 0.294. The van der Waals surface area contributed by atoms with Gasteiger partial charge in [0.1, 0.15) is 11.6 Å². The molecule has 124 valence electrons. The van der Waals surface area contributed by atoms with Crippen LogP contribution in [0.1, 0.15) is 5.82 Å². The van der Waals surface area contributed by atoms with E-state index in [4.69, 9.17) is 22.3 Å². The molecule has 3 heterocycles. The summed E-state index contributed by atoms with van der Waals surface area (Å²) in [5.74, 6) is 1.69. The lowest BCUT2D eigenvalue weighted by Gasteiger charge is -2.29. The molecule has 0 radical (unpaired) electrons. The number of fused-ring (bicyclic) bond motifs is 1. The summed E-state index contributed by atoms with van der Waals surface area (Å²) >= 11 is 6.51. The summed E-state index contributed by atoms with van der Waals surface area (Å²) in [6, 6.07) is 8.11. The van der Waals surface area contributed by atoms with Crippen molar-refractivity contribution in [3.63, 3.8) is 0 Å². The molecule has 0 saturated carbocycles. The second-order valence-corrected chi connectivity index (χ2v) is 6.23. The number of rotatable bonds is 3. The van der Waals surface area contributed by atoms with Crippen molar-refractivity contribution in [3.8, 4) is 5.69 Å². The first-order valence-corrected chi connectivity index (χ1v) is 8.43. The van der Waals surface area contributed by atoms with E-state index in [1.165, 1.54) is 0 Å². The Balaban J connectivity index is 1.75. The Bertz CT molecular complexity index is 869. The van der Waals surface area contributed by atoms with E-state index in [9.17, 15) is 0 Å². The molecule has 0 amide bonds. The van der Waals surface area contributed by atoms with Gasteiger partial charge in [-0.1, -0.05) is 11.6 Å². The summed E-state index contributed by atoms with van der Waals surface area (Å²) < 4.78 is 1.98. The second kappa shape index (κ2) is 6.39. The number of halogens is 1. The van der Waals surface area contributed by atoms with Gasteiger partial charge >= 0.3 is 0 Å². The zero-order chi connectivity index (χ0) is 16.5. The first-order valence-electron chi connectivity index (χ1n) is 8.05. The highest BCUT2D eigenvalue weighted by molar-refractivity contribution is 6.33. The molecule has 0 aliphatic carbocycles. The Morgan fingerprint density at radius 3 is 2.83 bits per heavy atom. The molecular weight excluding hydrogens is 324 g/mol. The van der Waals surface area contributed by atoms with Gasteiger partial charge in [0.2, 0.25) is 0 Å². The fourth-order valence-corrected chi connectivity index (χ4v) is 3.38. The molecule has 0 unspecified atom stereocenters. The van der Waals surface area contributed by atoms with E-state index in [2.05, 4.69) is 21.3 Å². The molecule has 1 aliphatic rings. The van der Waals surface area contributed by atoms with E-state index in [0.717, 1.165) is 54.4 Å². The van der Waals surface area contributed by atoms with Crippen molar-refractivity contribution in [2.45, 2.75) is 6.54 Å². The highest BCUT2D eigenvalue weighted by atomic mass is 35.5. The largest absolute Gasteiger partial charge is 0.353 e. The molecule has 1 fully saturated rings. The minimum absolute atomic E-state index is 0.395. The normalized spacial score (nSPS) is 15.2. The molecule has 1 aromatic carbocycles. The van der Waals surface area contributed by atoms with E-state index >= 15 is 0 Å². The van der Waals surface area contributed by atoms with Gasteiger partial charge in [0.25, 0.3) is 0 Å². The number of benzene rings is 1. The molecule has 2 aromatic heterocycles. The molecule has 0 bridgehead atoms. The molecule has 3 aromatic rings. The standard InChI is InChI=1S/C17H19ClN6/c18-14-10-12-9-13(24-8-5-21-16(24)11-19)1-2-15(12)22-17(14)23-6-3-20-4-7-23/h1-2,5,8-10,20H,3-4,6-7,11,19H2. The zero-order valence-corrected chi connectivity index (χ0v) is 14.0. The predicted octanol–water partition coefficient (Wildman–Crippen LogP) is 1.94. The number of aromatic nitrogens is 3. The lowest BCUT2D eigenvalue weighted by atomic mass is 10.2. The maximum Gasteiger partial charge on any atom is 0.148 e. The quantitative estimate of drug-likeness (QED) is 0.761. The Labute approximate surface area is 145 Å². The Morgan fingerprint density at radius 1 is 1.21 bits per heavy atom. The van der Waals surface area contributed by atoms with Gasteiger partial charge in [-0.3, -0.25) is 0 Å². The summed E-state index contributed by atoms with van der Waals surface area (Å²) in [7, 11) is 0. The van der Waals surface area contributed by atoms with Crippen LogP contribution in [0.25, 0.3) is 16.6 Å². The lowest BCUT2D eigenvalue weighted by Crippen LogP contribution is -2.44. The Morgan fingerprint density at radius 2 is 2.04 bits per heavy atom. The van der Waals surface area contributed by atoms with Gasteiger partial charge in [-0.2, -0.15) is 0 Å². The van der Waals surface area contributed by atoms with Crippen LogP contribution in [0.15, 0.2) is 36.7 Å². The minimum atomic E-state index is 0.395. The van der Waals surface area contributed by atoms with E-state index < -0.39 is 0 Å². The number of nitrogens with two attached hydrogens (primary N) is 1. The van der Waals surface area contributed by atoms with Crippen LogP contribution in [0.3, 0.4) is 0 Å². The minimum Gasteiger partial charge on any atom is -0.353 e. The number of imidazole rings is 1. The topological polar surface area (TPSA) is 72.0 Å². The van der Waals surface area contributed by atoms with Crippen LogP contribution in [0.5, 0.6) is 0 Å². The van der Waals surface area contributed by atoms with Gasteiger partial charge in [0, 0.05) is 49.6 Å². The van der Waals surface area contributed by atoms with Crippen LogP contribution in [0, 0.1) is 0 Å². The number of piperazine rings is 1. The highest BCUT2D eigenvalue weighted by Gasteiger charge is 2.16. The summed E-state index contributed by atoms with van der Waals surface area (Å²) in [5, 5.41) is 5.04. The maximum atomic E-state index is 6.51. The van der Waals surface area contributed by atoms with Gasteiger partial charge < -0.3 is 20.5 Å². The third kappa shape index (κ3) is 2.73. The van der Waals surface area contributed by atoms with Gasteiger partial charge in [-0.05, 0) is 24.3 Å². The monoisotopic (exact) mass is 342 g/mol. The average Bonchev–Trinajstić information content (AvgIpc) is 3.10. The van der Waals surface area contributed by atoms with Crippen molar-refractivity contribution >= 4 is 28.3 Å². The van der Waals surface area contributed by atoms with Crippen LogP contribution < -0.4 is 16.0 Å². The number of hydrogen-bond acceptors (Lipinski definition) is 5. The first-order chi connectivity index (χ1) is 11.8. The SMILES string of the molecule is NCc1nccn1-c1ccc2nc(N3CCNCC3)c(Cl)cc2c1. The number of pyridine rings is 1. The second-order valence-electron chi connectivity index (χ2n) is 5.83. The molecule has 0 atom stereocenters. The van der Waals surface area contributed by atoms with Crippen molar-refractivity contribution in [3.05, 3.63) is 47.5 Å². The van der Waals surface area contributed by atoms with E-state index in [1.54, 1.807) is 6.20 Å². The van der Waals surface area contributed by atoms with Crippen molar-refractivity contribution in [1.82, 2.24) is 19.9 Å². The number of hydrogen-bond donors (Lipinski definition) is 2. The van der Waals surface area contributed by atoms with Crippen molar-refractivity contribution < 1.29 is 0 Å². The summed E-state index contributed by atoms with van der Waals surface area (Å²) in [5.41, 5.74) is 7.69. The lowest BCUT2D eigenvalue weighted by molar-refractivity contribution is 0.585. The van der Waals surface area contributed by atoms with Gasteiger partial charge in [-0.25, -0.2) is 9.97 Å². The first kappa shape index (κ1) is 15.4. The maximum absolute atomic E-state index is 6.51. The van der Waals surface area contributed by atoms with Crippen LogP contribution in [0.4, 0.5) is 5.82 Å². The Hall–Kier alpha value is -2.15. The number of nitrogens with one attached hydrogen (secondary N) is 1.